The zero-order chi connectivity index (χ0) is 19.3. The van der Waals surface area contributed by atoms with Crippen molar-refractivity contribution in [3.05, 3.63) is 54.1 Å². The van der Waals surface area contributed by atoms with Gasteiger partial charge in [-0.3, -0.25) is 0 Å². The lowest BCUT2D eigenvalue weighted by molar-refractivity contribution is 0.271. The van der Waals surface area contributed by atoms with Gasteiger partial charge in [-0.15, -0.1) is 0 Å². The Kier molecular flexibility index (Phi) is 9.61. The van der Waals surface area contributed by atoms with Gasteiger partial charge >= 0.3 is 0 Å². The molecule has 0 aliphatic rings. The zero-order valence-corrected chi connectivity index (χ0v) is 17.2. The Balaban J connectivity index is 1.74. The van der Waals surface area contributed by atoms with Crippen molar-refractivity contribution >= 4 is 5.69 Å². The summed E-state index contributed by atoms with van der Waals surface area (Å²) in [7, 11) is 0. The standard InChI is InChI=1S/C24H35NO2/c1-4-5-6-7-8-16-26-24-11-9-10-22(17-24)25-18-21-12-14-23(15-13-21)27-19-20(2)3/h9-15,17,20,25H,4-8,16,18-19H2,1-3H3. The van der Waals surface area contributed by atoms with E-state index >= 15 is 0 Å². The van der Waals surface area contributed by atoms with Crippen molar-refractivity contribution in [3.63, 3.8) is 0 Å². The van der Waals surface area contributed by atoms with Crippen LogP contribution in [0.2, 0.25) is 0 Å². The van der Waals surface area contributed by atoms with Gasteiger partial charge in [-0.25, -0.2) is 0 Å². The van der Waals surface area contributed by atoms with Crippen LogP contribution in [-0.2, 0) is 6.54 Å². The Hall–Kier alpha value is -2.16. The van der Waals surface area contributed by atoms with Crippen LogP contribution in [0.25, 0.3) is 0 Å². The second-order valence-corrected chi connectivity index (χ2v) is 7.49. The maximum Gasteiger partial charge on any atom is 0.121 e. The van der Waals surface area contributed by atoms with Crippen LogP contribution < -0.4 is 14.8 Å². The molecule has 0 spiro atoms. The number of nitrogens with one attached hydrogen (secondary N) is 1. The molecular weight excluding hydrogens is 334 g/mol. The highest BCUT2D eigenvalue weighted by Gasteiger charge is 2.00. The molecule has 0 radical (unpaired) electrons. The van der Waals surface area contributed by atoms with Gasteiger partial charge in [0.25, 0.3) is 0 Å². The summed E-state index contributed by atoms with van der Waals surface area (Å²) < 4.78 is 11.6. The zero-order valence-electron chi connectivity index (χ0n) is 17.2. The van der Waals surface area contributed by atoms with Crippen LogP contribution in [0.15, 0.2) is 48.5 Å². The van der Waals surface area contributed by atoms with Gasteiger partial charge < -0.3 is 14.8 Å². The van der Waals surface area contributed by atoms with Crippen LogP contribution in [-0.4, -0.2) is 13.2 Å². The molecule has 2 aromatic rings. The molecule has 2 rings (SSSR count). The normalized spacial score (nSPS) is 10.8. The van der Waals surface area contributed by atoms with E-state index in [1.807, 2.05) is 24.3 Å². The first-order valence-corrected chi connectivity index (χ1v) is 10.4. The van der Waals surface area contributed by atoms with Gasteiger partial charge in [-0.05, 0) is 42.2 Å². The molecule has 3 heteroatoms. The van der Waals surface area contributed by atoms with Gasteiger partial charge in [0.1, 0.15) is 11.5 Å². The van der Waals surface area contributed by atoms with Crippen LogP contribution in [0.3, 0.4) is 0 Å². The van der Waals surface area contributed by atoms with Crippen molar-refractivity contribution in [2.75, 3.05) is 18.5 Å². The Bertz CT molecular complexity index is 637. The van der Waals surface area contributed by atoms with Crippen LogP contribution in [0.5, 0.6) is 11.5 Å². The highest BCUT2D eigenvalue weighted by atomic mass is 16.5. The largest absolute Gasteiger partial charge is 0.494 e. The number of benzene rings is 2. The monoisotopic (exact) mass is 369 g/mol. The quantitative estimate of drug-likeness (QED) is 0.399. The van der Waals surface area contributed by atoms with Crippen molar-refractivity contribution in [1.29, 1.82) is 0 Å². The summed E-state index contributed by atoms with van der Waals surface area (Å²) in [6.07, 6.45) is 6.29. The fourth-order valence-electron chi connectivity index (χ4n) is 2.76. The molecule has 0 atom stereocenters. The second-order valence-electron chi connectivity index (χ2n) is 7.49. The molecule has 0 saturated carbocycles. The third-order valence-electron chi connectivity index (χ3n) is 4.35. The number of hydrogen-bond donors (Lipinski definition) is 1. The van der Waals surface area contributed by atoms with Crippen molar-refractivity contribution in [2.45, 2.75) is 59.4 Å². The van der Waals surface area contributed by atoms with Gasteiger partial charge in [0.2, 0.25) is 0 Å². The molecule has 0 heterocycles. The second kappa shape index (κ2) is 12.3. The van der Waals surface area contributed by atoms with Gasteiger partial charge in [-0.1, -0.05) is 64.7 Å². The minimum absolute atomic E-state index is 0.539. The highest BCUT2D eigenvalue weighted by Crippen LogP contribution is 2.19. The fraction of sp³-hybridized carbons (Fsp3) is 0.500. The Morgan fingerprint density at radius 3 is 2.37 bits per heavy atom. The predicted octanol–water partition coefficient (Wildman–Crippen LogP) is 6.68. The topological polar surface area (TPSA) is 30.5 Å². The lowest BCUT2D eigenvalue weighted by Gasteiger charge is -2.11. The van der Waals surface area contributed by atoms with Crippen LogP contribution in [0.4, 0.5) is 5.69 Å². The smallest absolute Gasteiger partial charge is 0.121 e. The van der Waals surface area contributed by atoms with E-state index < -0.39 is 0 Å². The first kappa shape index (κ1) is 21.1. The average Bonchev–Trinajstić information content (AvgIpc) is 2.68. The fourth-order valence-corrected chi connectivity index (χ4v) is 2.76. The van der Waals surface area contributed by atoms with Crippen molar-refractivity contribution in [3.8, 4) is 11.5 Å². The highest BCUT2D eigenvalue weighted by molar-refractivity contribution is 5.48. The summed E-state index contributed by atoms with van der Waals surface area (Å²) in [5.74, 6) is 2.41. The molecule has 148 valence electrons. The van der Waals surface area contributed by atoms with Crippen molar-refractivity contribution in [2.24, 2.45) is 5.92 Å². The third-order valence-corrected chi connectivity index (χ3v) is 4.35. The molecule has 3 nitrogen and oxygen atoms in total. The lowest BCUT2D eigenvalue weighted by Crippen LogP contribution is -2.04. The van der Waals surface area contributed by atoms with Crippen LogP contribution >= 0.6 is 0 Å². The first-order valence-electron chi connectivity index (χ1n) is 10.4. The van der Waals surface area contributed by atoms with E-state index in [1.165, 1.54) is 31.2 Å². The SMILES string of the molecule is CCCCCCCOc1cccc(NCc2ccc(OCC(C)C)cc2)c1. The van der Waals surface area contributed by atoms with E-state index in [0.717, 1.165) is 43.4 Å². The molecule has 0 aliphatic heterocycles. The lowest BCUT2D eigenvalue weighted by atomic mass is 10.2. The van der Waals surface area contributed by atoms with E-state index in [4.69, 9.17) is 9.47 Å². The molecule has 0 bridgehead atoms. The summed E-state index contributed by atoms with van der Waals surface area (Å²) in [4.78, 5) is 0. The summed E-state index contributed by atoms with van der Waals surface area (Å²) >= 11 is 0. The van der Waals surface area contributed by atoms with Crippen LogP contribution in [0.1, 0.15) is 58.4 Å². The number of unbranched alkanes of at least 4 members (excludes halogenated alkanes) is 4. The van der Waals surface area contributed by atoms with E-state index in [9.17, 15) is 0 Å². The van der Waals surface area contributed by atoms with Gasteiger partial charge in [0.05, 0.1) is 13.2 Å². The summed E-state index contributed by atoms with van der Waals surface area (Å²) in [5, 5.41) is 3.47. The Morgan fingerprint density at radius 2 is 1.63 bits per heavy atom. The molecule has 0 aromatic heterocycles. The van der Waals surface area contributed by atoms with Gasteiger partial charge in [0.15, 0.2) is 0 Å². The maximum atomic E-state index is 5.88. The van der Waals surface area contributed by atoms with Gasteiger partial charge in [0, 0.05) is 18.3 Å². The first-order chi connectivity index (χ1) is 13.2. The molecular formula is C24H35NO2. The summed E-state index contributed by atoms with van der Waals surface area (Å²) in [6.45, 7) is 8.88. The van der Waals surface area contributed by atoms with Gasteiger partial charge in [-0.2, -0.15) is 0 Å². The van der Waals surface area contributed by atoms with E-state index in [0.29, 0.717) is 5.92 Å². The minimum Gasteiger partial charge on any atom is -0.494 e. The molecule has 0 unspecified atom stereocenters. The van der Waals surface area contributed by atoms with Crippen molar-refractivity contribution < 1.29 is 9.47 Å². The average molecular weight is 370 g/mol. The molecule has 0 aliphatic carbocycles. The molecule has 0 saturated heterocycles. The Morgan fingerprint density at radius 1 is 0.852 bits per heavy atom. The van der Waals surface area contributed by atoms with E-state index in [1.54, 1.807) is 0 Å². The van der Waals surface area contributed by atoms with E-state index in [2.05, 4.69) is 50.4 Å². The van der Waals surface area contributed by atoms with E-state index in [-0.39, 0.29) is 0 Å². The number of anilines is 1. The van der Waals surface area contributed by atoms with Crippen LogP contribution in [0, 0.1) is 5.92 Å². The summed E-state index contributed by atoms with van der Waals surface area (Å²) in [5.41, 5.74) is 2.31. The molecule has 1 N–H and O–H groups in total. The maximum absolute atomic E-state index is 5.88. The predicted molar refractivity (Wildman–Crippen MR) is 115 cm³/mol. The molecule has 0 amide bonds. The number of rotatable bonds is 13. The summed E-state index contributed by atoms with van der Waals surface area (Å²) in [6, 6.07) is 16.5. The molecule has 0 fully saturated rings. The van der Waals surface area contributed by atoms with Crippen molar-refractivity contribution in [1.82, 2.24) is 0 Å². The third kappa shape index (κ3) is 8.85. The Labute approximate surface area is 165 Å². The molecule has 27 heavy (non-hydrogen) atoms. The molecule has 2 aromatic carbocycles. The number of ether oxygens (including phenoxy) is 2. The minimum atomic E-state index is 0.539. The number of hydrogen-bond acceptors (Lipinski definition) is 3.